The van der Waals surface area contributed by atoms with Gasteiger partial charge >= 0.3 is 0 Å². The smallest absolute Gasteiger partial charge is 0.0177 e. The summed E-state index contributed by atoms with van der Waals surface area (Å²) >= 11 is 0. The largest absolute Gasteiger partial charge is 0.316 e. The van der Waals surface area contributed by atoms with Crippen LogP contribution in [0.3, 0.4) is 0 Å². The van der Waals surface area contributed by atoms with E-state index in [0.29, 0.717) is 0 Å². The lowest BCUT2D eigenvalue weighted by molar-refractivity contribution is 0.211. The van der Waals surface area contributed by atoms with Gasteiger partial charge in [0, 0.05) is 18.5 Å². The summed E-state index contributed by atoms with van der Waals surface area (Å²) in [5.74, 6) is 0. The minimum atomic E-state index is 0.181. The number of benzene rings is 1. The molecule has 0 aliphatic rings. The first-order valence-electron chi connectivity index (χ1n) is 8.64. The van der Waals surface area contributed by atoms with Crippen molar-refractivity contribution in [1.82, 2.24) is 10.2 Å². The standard InChI is InChI=1S/C19H34N2/c1-5-13-20-16-19(4,18-11-9-8-10-12-18)17-21(14-6-2)15-7-3/h8-12,20H,5-7,13-17H2,1-4H3. The van der Waals surface area contributed by atoms with Crippen molar-refractivity contribution in [3.8, 4) is 0 Å². The van der Waals surface area contributed by atoms with Crippen molar-refractivity contribution in [1.29, 1.82) is 0 Å². The third-order valence-electron chi connectivity index (χ3n) is 4.06. The average molecular weight is 290 g/mol. The van der Waals surface area contributed by atoms with Crippen molar-refractivity contribution in [3.05, 3.63) is 35.9 Å². The molecule has 0 radical (unpaired) electrons. The predicted octanol–water partition coefficient (Wildman–Crippen LogP) is 4.07. The van der Waals surface area contributed by atoms with Gasteiger partial charge < -0.3 is 10.2 Å². The van der Waals surface area contributed by atoms with E-state index in [1.54, 1.807) is 0 Å². The summed E-state index contributed by atoms with van der Waals surface area (Å²) in [4.78, 5) is 2.63. The Bertz CT molecular complexity index is 357. The lowest BCUT2D eigenvalue weighted by atomic mass is 9.81. The van der Waals surface area contributed by atoms with Gasteiger partial charge in [-0.25, -0.2) is 0 Å². The van der Waals surface area contributed by atoms with Crippen LogP contribution in [-0.4, -0.2) is 37.6 Å². The van der Waals surface area contributed by atoms with Gasteiger partial charge in [-0.05, 0) is 44.5 Å². The van der Waals surface area contributed by atoms with Gasteiger partial charge in [0.25, 0.3) is 0 Å². The highest BCUT2D eigenvalue weighted by molar-refractivity contribution is 5.25. The molecule has 0 bridgehead atoms. The summed E-state index contributed by atoms with van der Waals surface area (Å²) in [7, 11) is 0. The van der Waals surface area contributed by atoms with Crippen LogP contribution in [0, 0.1) is 0 Å². The molecule has 1 aromatic rings. The second-order valence-corrected chi connectivity index (χ2v) is 6.38. The maximum absolute atomic E-state index is 3.64. The lowest BCUT2D eigenvalue weighted by Crippen LogP contribution is -2.46. The molecule has 0 fully saturated rings. The Kier molecular flexibility index (Phi) is 8.63. The van der Waals surface area contributed by atoms with E-state index in [0.717, 1.165) is 19.6 Å². The van der Waals surface area contributed by atoms with E-state index in [4.69, 9.17) is 0 Å². The van der Waals surface area contributed by atoms with E-state index in [1.165, 1.54) is 37.9 Å². The number of hydrogen-bond acceptors (Lipinski definition) is 2. The van der Waals surface area contributed by atoms with E-state index in [1.807, 2.05) is 0 Å². The molecule has 0 saturated carbocycles. The number of nitrogens with one attached hydrogen (secondary N) is 1. The second kappa shape index (κ2) is 9.97. The van der Waals surface area contributed by atoms with Gasteiger partial charge in [0.05, 0.1) is 0 Å². The molecule has 0 aliphatic heterocycles. The highest BCUT2D eigenvalue weighted by Crippen LogP contribution is 2.24. The Morgan fingerprint density at radius 2 is 1.57 bits per heavy atom. The zero-order valence-electron chi connectivity index (χ0n) is 14.5. The fourth-order valence-electron chi connectivity index (χ4n) is 3.03. The van der Waals surface area contributed by atoms with Crippen molar-refractivity contribution in [2.75, 3.05) is 32.7 Å². The Morgan fingerprint density at radius 1 is 0.952 bits per heavy atom. The topological polar surface area (TPSA) is 15.3 Å². The van der Waals surface area contributed by atoms with Crippen LogP contribution in [0.5, 0.6) is 0 Å². The van der Waals surface area contributed by atoms with E-state index in [-0.39, 0.29) is 5.41 Å². The summed E-state index contributed by atoms with van der Waals surface area (Å²) in [6.45, 7) is 14.9. The Labute approximate surface area is 131 Å². The minimum Gasteiger partial charge on any atom is -0.316 e. The first-order chi connectivity index (χ1) is 10.2. The summed E-state index contributed by atoms with van der Waals surface area (Å²) in [5, 5.41) is 3.64. The van der Waals surface area contributed by atoms with E-state index in [9.17, 15) is 0 Å². The molecule has 21 heavy (non-hydrogen) atoms. The van der Waals surface area contributed by atoms with Crippen molar-refractivity contribution >= 4 is 0 Å². The molecule has 0 heterocycles. The van der Waals surface area contributed by atoms with Crippen molar-refractivity contribution in [2.24, 2.45) is 0 Å². The fraction of sp³-hybridized carbons (Fsp3) is 0.684. The molecule has 0 amide bonds. The molecule has 1 N–H and O–H groups in total. The molecule has 0 spiro atoms. The monoisotopic (exact) mass is 290 g/mol. The lowest BCUT2D eigenvalue weighted by Gasteiger charge is -2.36. The molecule has 1 unspecified atom stereocenters. The van der Waals surface area contributed by atoms with E-state index in [2.05, 4.69) is 68.2 Å². The van der Waals surface area contributed by atoms with Crippen LogP contribution in [0.15, 0.2) is 30.3 Å². The molecule has 2 heteroatoms. The fourth-order valence-corrected chi connectivity index (χ4v) is 3.03. The SMILES string of the molecule is CCCNCC(C)(CN(CCC)CCC)c1ccccc1. The van der Waals surface area contributed by atoms with Crippen LogP contribution in [0.25, 0.3) is 0 Å². The van der Waals surface area contributed by atoms with E-state index >= 15 is 0 Å². The third kappa shape index (κ3) is 6.19. The molecule has 1 aromatic carbocycles. The molecule has 0 saturated heterocycles. The summed E-state index contributed by atoms with van der Waals surface area (Å²) in [6, 6.07) is 11.0. The van der Waals surface area contributed by atoms with Gasteiger partial charge in [-0.15, -0.1) is 0 Å². The van der Waals surface area contributed by atoms with Gasteiger partial charge in [-0.3, -0.25) is 0 Å². The molecule has 1 atom stereocenters. The van der Waals surface area contributed by atoms with Crippen LogP contribution < -0.4 is 5.32 Å². The van der Waals surface area contributed by atoms with E-state index < -0.39 is 0 Å². The first kappa shape index (κ1) is 18.2. The summed E-state index contributed by atoms with van der Waals surface area (Å²) < 4.78 is 0. The highest BCUT2D eigenvalue weighted by Gasteiger charge is 2.28. The van der Waals surface area contributed by atoms with Gasteiger partial charge in [-0.2, -0.15) is 0 Å². The molecule has 1 rings (SSSR count). The Hall–Kier alpha value is -0.860. The maximum Gasteiger partial charge on any atom is 0.0177 e. The second-order valence-electron chi connectivity index (χ2n) is 6.38. The Morgan fingerprint density at radius 3 is 2.10 bits per heavy atom. The zero-order valence-corrected chi connectivity index (χ0v) is 14.5. The third-order valence-corrected chi connectivity index (χ3v) is 4.06. The normalized spacial score (nSPS) is 14.3. The first-order valence-corrected chi connectivity index (χ1v) is 8.64. The van der Waals surface area contributed by atoms with Gasteiger partial charge in [0.15, 0.2) is 0 Å². The maximum atomic E-state index is 3.64. The van der Waals surface area contributed by atoms with Crippen molar-refractivity contribution in [3.63, 3.8) is 0 Å². The minimum absolute atomic E-state index is 0.181. The quantitative estimate of drug-likeness (QED) is 0.618. The number of rotatable bonds is 11. The molecular formula is C19H34N2. The number of hydrogen-bond donors (Lipinski definition) is 1. The van der Waals surface area contributed by atoms with Crippen LogP contribution in [-0.2, 0) is 5.41 Å². The van der Waals surface area contributed by atoms with Crippen LogP contribution in [0.1, 0.15) is 52.5 Å². The zero-order chi connectivity index (χ0) is 15.6. The van der Waals surface area contributed by atoms with Gasteiger partial charge in [-0.1, -0.05) is 58.0 Å². The molecular weight excluding hydrogens is 256 g/mol. The summed E-state index contributed by atoms with van der Waals surface area (Å²) in [5.41, 5.74) is 1.63. The van der Waals surface area contributed by atoms with Crippen molar-refractivity contribution in [2.45, 2.75) is 52.4 Å². The van der Waals surface area contributed by atoms with Crippen LogP contribution >= 0.6 is 0 Å². The average Bonchev–Trinajstić information content (AvgIpc) is 2.49. The highest BCUT2D eigenvalue weighted by atomic mass is 15.1. The molecule has 120 valence electrons. The Balaban J connectivity index is 2.84. The van der Waals surface area contributed by atoms with Gasteiger partial charge in [0.1, 0.15) is 0 Å². The number of nitrogens with zero attached hydrogens (tertiary/aromatic N) is 1. The molecule has 0 aliphatic carbocycles. The van der Waals surface area contributed by atoms with Crippen LogP contribution in [0.4, 0.5) is 0 Å². The van der Waals surface area contributed by atoms with Crippen molar-refractivity contribution < 1.29 is 0 Å². The van der Waals surface area contributed by atoms with Gasteiger partial charge in [0.2, 0.25) is 0 Å². The summed E-state index contributed by atoms with van der Waals surface area (Å²) in [6.07, 6.45) is 3.65. The van der Waals surface area contributed by atoms with Crippen LogP contribution in [0.2, 0.25) is 0 Å². The molecule has 0 aromatic heterocycles. The molecule has 2 nitrogen and oxygen atoms in total. The predicted molar refractivity (Wildman–Crippen MR) is 94.0 cm³/mol.